The number of aliphatic imine (C=N–C) groups is 1. The molecule has 1 fully saturated rings. The number of halogens is 1. The van der Waals surface area contributed by atoms with E-state index in [4.69, 9.17) is 17.3 Å². The van der Waals surface area contributed by atoms with Gasteiger partial charge < -0.3 is 5.73 Å². The minimum Gasteiger partial charge on any atom is -0.383 e. The number of amidine groups is 1. The first-order valence-electron chi connectivity index (χ1n) is 8.83. The predicted molar refractivity (Wildman–Crippen MR) is 109 cm³/mol. The third-order valence-corrected chi connectivity index (χ3v) is 7.40. The van der Waals surface area contributed by atoms with Gasteiger partial charge in [0, 0.05) is 29.2 Å². The number of nitrogens with zero attached hydrogens (tertiary/aromatic N) is 2. The van der Waals surface area contributed by atoms with Gasteiger partial charge in [0.15, 0.2) is 0 Å². The number of rotatable bonds is 3. The maximum Gasteiger partial charge on any atom is 0.243 e. The van der Waals surface area contributed by atoms with Gasteiger partial charge >= 0.3 is 0 Å². The molecule has 4 rings (SSSR count). The minimum absolute atomic E-state index is 0.0276. The molecule has 0 amide bonds. The molecule has 0 unspecified atom stereocenters. The van der Waals surface area contributed by atoms with E-state index in [9.17, 15) is 8.42 Å². The fourth-order valence-corrected chi connectivity index (χ4v) is 6.09. The van der Waals surface area contributed by atoms with E-state index in [2.05, 4.69) is 18.8 Å². The molecule has 0 bridgehead atoms. The highest BCUT2D eigenvalue weighted by atomic mass is 35.5. The molecule has 2 aliphatic rings. The van der Waals surface area contributed by atoms with E-state index in [0.717, 1.165) is 27.8 Å². The number of hydrogen-bond donors (Lipinski definition) is 1. The van der Waals surface area contributed by atoms with Crippen LogP contribution in [0.25, 0.3) is 11.1 Å². The summed E-state index contributed by atoms with van der Waals surface area (Å²) >= 11 is 6.51. The van der Waals surface area contributed by atoms with Gasteiger partial charge in [-0.1, -0.05) is 43.6 Å². The first-order chi connectivity index (χ1) is 12.6. The van der Waals surface area contributed by atoms with Crippen LogP contribution >= 0.6 is 11.6 Å². The monoisotopic (exact) mass is 403 g/mol. The van der Waals surface area contributed by atoms with Gasteiger partial charge in [-0.25, -0.2) is 8.42 Å². The van der Waals surface area contributed by atoms with Crippen LogP contribution in [0.15, 0.2) is 40.2 Å². The minimum atomic E-state index is -3.51. The Kier molecular flexibility index (Phi) is 4.14. The first-order valence-corrected chi connectivity index (χ1v) is 10.6. The molecule has 2 aromatic carbocycles. The topological polar surface area (TPSA) is 75.8 Å². The van der Waals surface area contributed by atoms with Gasteiger partial charge in [0.1, 0.15) is 5.84 Å². The first kappa shape index (κ1) is 18.5. The number of benzene rings is 2. The molecular weight excluding hydrogens is 382 g/mol. The fraction of sp³-hybridized carbons (Fsp3) is 0.350. The molecule has 2 N–H and O–H groups in total. The van der Waals surface area contributed by atoms with Crippen LogP contribution in [-0.2, 0) is 16.6 Å². The molecule has 1 saturated heterocycles. The van der Waals surface area contributed by atoms with Gasteiger partial charge in [-0.3, -0.25) is 4.99 Å². The van der Waals surface area contributed by atoms with Crippen LogP contribution < -0.4 is 5.73 Å². The Hall–Kier alpha value is -1.89. The summed E-state index contributed by atoms with van der Waals surface area (Å²) in [5.41, 5.74) is 10.8. The summed E-state index contributed by atoms with van der Waals surface area (Å²) in [6.07, 6.45) is 0. The van der Waals surface area contributed by atoms with Crippen LogP contribution in [0.2, 0.25) is 5.02 Å². The lowest BCUT2D eigenvalue weighted by molar-refractivity contribution is 0.111. The van der Waals surface area contributed by atoms with Gasteiger partial charge in [-0.15, -0.1) is 0 Å². The Balaban J connectivity index is 1.72. The second-order valence-electron chi connectivity index (χ2n) is 8.05. The van der Waals surface area contributed by atoms with Crippen molar-refractivity contribution in [3.8, 4) is 11.1 Å². The van der Waals surface area contributed by atoms with E-state index in [0.29, 0.717) is 30.5 Å². The SMILES string of the molecule is Cc1c(-c2ccc(S(=O)(=O)N3CC(C)(C)C3)cc2Cl)ccc2c1C(N)=NC2. The predicted octanol–water partition coefficient (Wildman–Crippen LogP) is 3.56. The molecule has 2 heterocycles. The second kappa shape index (κ2) is 6.06. The maximum atomic E-state index is 12.8. The summed E-state index contributed by atoms with van der Waals surface area (Å²) in [5.74, 6) is 0.542. The summed E-state index contributed by atoms with van der Waals surface area (Å²) in [4.78, 5) is 4.52. The Morgan fingerprint density at radius 1 is 1.15 bits per heavy atom. The quantitative estimate of drug-likeness (QED) is 0.851. The summed E-state index contributed by atoms with van der Waals surface area (Å²) in [5, 5.41) is 0.410. The van der Waals surface area contributed by atoms with Crippen molar-refractivity contribution in [2.45, 2.75) is 32.2 Å². The molecule has 2 aliphatic heterocycles. The zero-order chi connectivity index (χ0) is 19.6. The largest absolute Gasteiger partial charge is 0.383 e. The lowest BCUT2D eigenvalue weighted by Gasteiger charge is -2.44. The molecule has 2 aromatic rings. The van der Waals surface area contributed by atoms with Crippen molar-refractivity contribution < 1.29 is 8.42 Å². The van der Waals surface area contributed by atoms with Crippen LogP contribution in [0.4, 0.5) is 0 Å². The summed E-state index contributed by atoms with van der Waals surface area (Å²) < 4.78 is 27.1. The lowest BCUT2D eigenvalue weighted by atomic mass is 9.87. The van der Waals surface area contributed by atoms with E-state index in [1.165, 1.54) is 4.31 Å². The Morgan fingerprint density at radius 2 is 1.81 bits per heavy atom. The molecule has 0 saturated carbocycles. The van der Waals surface area contributed by atoms with Crippen LogP contribution in [-0.4, -0.2) is 31.6 Å². The van der Waals surface area contributed by atoms with Gasteiger partial charge in [-0.05, 0) is 41.2 Å². The van der Waals surface area contributed by atoms with Gasteiger partial charge in [0.2, 0.25) is 10.0 Å². The van der Waals surface area contributed by atoms with E-state index in [-0.39, 0.29) is 10.3 Å². The molecule has 7 heteroatoms. The summed E-state index contributed by atoms with van der Waals surface area (Å²) in [6, 6.07) is 8.95. The molecular formula is C20H22ClN3O2S. The maximum absolute atomic E-state index is 12.8. The Labute approximate surface area is 164 Å². The van der Waals surface area contributed by atoms with Crippen molar-refractivity contribution in [1.82, 2.24) is 4.31 Å². The molecule has 0 radical (unpaired) electrons. The Morgan fingerprint density at radius 3 is 2.44 bits per heavy atom. The highest BCUT2D eigenvalue weighted by Crippen LogP contribution is 2.38. The zero-order valence-corrected chi connectivity index (χ0v) is 17.2. The van der Waals surface area contributed by atoms with Gasteiger partial charge in [0.05, 0.1) is 11.4 Å². The molecule has 0 aliphatic carbocycles. The van der Waals surface area contributed by atoms with Crippen molar-refractivity contribution in [1.29, 1.82) is 0 Å². The van der Waals surface area contributed by atoms with E-state index < -0.39 is 10.0 Å². The highest BCUT2D eigenvalue weighted by molar-refractivity contribution is 7.89. The smallest absolute Gasteiger partial charge is 0.243 e. The lowest BCUT2D eigenvalue weighted by Crippen LogP contribution is -2.55. The Bertz CT molecular complexity index is 1080. The van der Waals surface area contributed by atoms with Crippen molar-refractivity contribution >= 4 is 27.5 Å². The van der Waals surface area contributed by atoms with Crippen molar-refractivity contribution in [3.63, 3.8) is 0 Å². The van der Waals surface area contributed by atoms with Crippen LogP contribution in [0.5, 0.6) is 0 Å². The normalized spacial score (nSPS) is 18.7. The third kappa shape index (κ3) is 2.96. The molecule has 0 spiro atoms. The standard InChI is InChI=1S/C20H22ClN3O2S/c1-12-15(6-4-13-9-23-19(22)18(12)13)16-7-5-14(8-17(16)21)27(25,26)24-10-20(2,3)11-24/h4-8H,9-11H2,1-3H3,(H2,22,23). The zero-order valence-electron chi connectivity index (χ0n) is 15.6. The van der Waals surface area contributed by atoms with Crippen LogP contribution in [0.1, 0.15) is 30.5 Å². The number of hydrogen-bond acceptors (Lipinski definition) is 4. The number of sulfonamides is 1. The van der Waals surface area contributed by atoms with E-state index >= 15 is 0 Å². The van der Waals surface area contributed by atoms with Gasteiger partial charge in [0.25, 0.3) is 0 Å². The van der Waals surface area contributed by atoms with Crippen molar-refractivity contribution in [2.24, 2.45) is 16.1 Å². The number of nitrogens with two attached hydrogens (primary N) is 1. The van der Waals surface area contributed by atoms with Crippen molar-refractivity contribution in [3.05, 3.63) is 52.0 Å². The van der Waals surface area contributed by atoms with E-state index in [1.807, 2.05) is 19.1 Å². The third-order valence-electron chi connectivity index (χ3n) is 5.30. The molecule has 142 valence electrons. The fourth-order valence-electron chi connectivity index (χ4n) is 3.90. The number of fused-ring (bicyclic) bond motifs is 1. The highest BCUT2D eigenvalue weighted by Gasteiger charge is 2.42. The average molecular weight is 404 g/mol. The van der Waals surface area contributed by atoms with Crippen LogP contribution in [0, 0.1) is 12.3 Å². The second-order valence-corrected chi connectivity index (χ2v) is 10.4. The molecule has 0 aromatic heterocycles. The molecule has 0 atom stereocenters. The molecule has 5 nitrogen and oxygen atoms in total. The summed E-state index contributed by atoms with van der Waals surface area (Å²) in [7, 11) is -3.51. The van der Waals surface area contributed by atoms with Crippen molar-refractivity contribution in [2.75, 3.05) is 13.1 Å². The summed E-state index contributed by atoms with van der Waals surface area (Å²) in [6.45, 7) is 7.75. The van der Waals surface area contributed by atoms with E-state index in [1.54, 1.807) is 18.2 Å². The van der Waals surface area contributed by atoms with Gasteiger partial charge in [-0.2, -0.15) is 4.31 Å². The van der Waals surface area contributed by atoms with Crippen LogP contribution in [0.3, 0.4) is 0 Å². The average Bonchev–Trinajstić information content (AvgIpc) is 2.95. The molecule has 27 heavy (non-hydrogen) atoms.